The van der Waals surface area contributed by atoms with E-state index in [1.54, 1.807) is 7.05 Å². The predicted octanol–water partition coefficient (Wildman–Crippen LogP) is 1.28. The molecule has 118 valence electrons. The van der Waals surface area contributed by atoms with E-state index >= 15 is 0 Å². The van der Waals surface area contributed by atoms with Gasteiger partial charge in [0.25, 0.3) is 0 Å². The van der Waals surface area contributed by atoms with Gasteiger partial charge in [-0.05, 0) is 38.1 Å². The fraction of sp³-hybridized carbons (Fsp3) is 0.600. The second-order valence-electron chi connectivity index (χ2n) is 5.67. The van der Waals surface area contributed by atoms with E-state index < -0.39 is 10.0 Å². The first-order valence-electron chi connectivity index (χ1n) is 7.28. The molecule has 0 saturated carbocycles. The number of nitrogens with zero attached hydrogens (tertiary/aromatic N) is 2. The summed E-state index contributed by atoms with van der Waals surface area (Å²) >= 11 is 0. The summed E-state index contributed by atoms with van der Waals surface area (Å²) in [4.78, 5) is 2.24. The van der Waals surface area contributed by atoms with Crippen LogP contribution in [0.15, 0.2) is 30.3 Å². The molecular formula is C15H24N2O3S. The van der Waals surface area contributed by atoms with E-state index in [0.717, 1.165) is 19.5 Å². The SMILES string of the molecule is CN1CCC(CN(C)S(=O)(=O)CCOc2ccccc2)C1. The van der Waals surface area contributed by atoms with Gasteiger partial charge in [-0.1, -0.05) is 18.2 Å². The lowest BCUT2D eigenvalue weighted by Crippen LogP contribution is -2.35. The van der Waals surface area contributed by atoms with E-state index in [1.165, 1.54) is 4.31 Å². The van der Waals surface area contributed by atoms with Crippen LogP contribution in [-0.4, -0.2) is 63.7 Å². The van der Waals surface area contributed by atoms with Gasteiger partial charge in [0.05, 0.1) is 5.75 Å². The molecule has 1 unspecified atom stereocenters. The van der Waals surface area contributed by atoms with Gasteiger partial charge in [-0.15, -0.1) is 0 Å². The van der Waals surface area contributed by atoms with Gasteiger partial charge in [-0.25, -0.2) is 12.7 Å². The topological polar surface area (TPSA) is 49.9 Å². The van der Waals surface area contributed by atoms with Crippen molar-refractivity contribution < 1.29 is 13.2 Å². The minimum atomic E-state index is -3.25. The van der Waals surface area contributed by atoms with Gasteiger partial charge in [-0.2, -0.15) is 0 Å². The number of rotatable bonds is 7. The second kappa shape index (κ2) is 7.24. The van der Waals surface area contributed by atoms with Gasteiger partial charge < -0.3 is 9.64 Å². The Hall–Kier alpha value is -1.11. The van der Waals surface area contributed by atoms with Crippen molar-refractivity contribution in [2.75, 3.05) is 46.1 Å². The van der Waals surface area contributed by atoms with Crippen molar-refractivity contribution in [1.82, 2.24) is 9.21 Å². The first kappa shape index (κ1) is 16.3. The van der Waals surface area contributed by atoms with Crippen LogP contribution in [0.5, 0.6) is 5.75 Å². The molecule has 1 atom stereocenters. The smallest absolute Gasteiger partial charge is 0.217 e. The van der Waals surface area contributed by atoms with Gasteiger partial charge in [-0.3, -0.25) is 0 Å². The van der Waals surface area contributed by atoms with Crippen LogP contribution in [0.25, 0.3) is 0 Å². The zero-order chi connectivity index (χ0) is 15.3. The largest absolute Gasteiger partial charge is 0.492 e. The monoisotopic (exact) mass is 312 g/mol. The minimum Gasteiger partial charge on any atom is -0.492 e. The predicted molar refractivity (Wildman–Crippen MR) is 84.0 cm³/mol. The maximum atomic E-state index is 12.2. The van der Waals surface area contributed by atoms with Gasteiger partial charge in [0.15, 0.2) is 0 Å². The zero-order valence-corrected chi connectivity index (χ0v) is 13.6. The van der Waals surface area contributed by atoms with Crippen molar-refractivity contribution in [2.24, 2.45) is 5.92 Å². The minimum absolute atomic E-state index is 0.0148. The molecule has 1 saturated heterocycles. The molecule has 1 fully saturated rings. The van der Waals surface area contributed by atoms with Crippen LogP contribution < -0.4 is 4.74 Å². The van der Waals surface area contributed by atoms with E-state index in [2.05, 4.69) is 11.9 Å². The molecule has 0 N–H and O–H groups in total. The van der Waals surface area contributed by atoms with Gasteiger partial charge in [0, 0.05) is 20.1 Å². The van der Waals surface area contributed by atoms with E-state index in [4.69, 9.17) is 4.74 Å². The molecule has 0 bridgehead atoms. The molecule has 0 spiro atoms. The fourth-order valence-electron chi connectivity index (χ4n) is 2.59. The van der Waals surface area contributed by atoms with Crippen molar-refractivity contribution in [3.05, 3.63) is 30.3 Å². The molecule has 0 amide bonds. The molecule has 1 aromatic carbocycles. The van der Waals surface area contributed by atoms with Crippen molar-refractivity contribution >= 4 is 10.0 Å². The number of benzene rings is 1. The third-order valence-corrected chi connectivity index (χ3v) is 5.61. The Morgan fingerprint density at radius 1 is 1.33 bits per heavy atom. The maximum Gasteiger partial charge on any atom is 0.217 e. The Labute approximate surface area is 127 Å². The van der Waals surface area contributed by atoms with E-state index in [0.29, 0.717) is 18.2 Å². The molecule has 1 aromatic rings. The number of ether oxygens (including phenoxy) is 1. The van der Waals surface area contributed by atoms with E-state index in [1.807, 2.05) is 30.3 Å². The van der Waals surface area contributed by atoms with Crippen molar-refractivity contribution in [3.63, 3.8) is 0 Å². The number of hydrogen-bond acceptors (Lipinski definition) is 4. The third kappa shape index (κ3) is 4.98. The number of sulfonamides is 1. The van der Waals surface area contributed by atoms with Gasteiger partial charge in [0.1, 0.15) is 12.4 Å². The Bertz CT molecular complexity index is 533. The number of likely N-dealkylation sites (tertiary alicyclic amines) is 1. The van der Waals surface area contributed by atoms with E-state index in [-0.39, 0.29) is 12.4 Å². The summed E-state index contributed by atoms with van der Waals surface area (Å²) < 4.78 is 31.4. The molecule has 0 aliphatic carbocycles. The lowest BCUT2D eigenvalue weighted by atomic mass is 10.1. The summed E-state index contributed by atoms with van der Waals surface area (Å²) in [6, 6.07) is 9.28. The van der Waals surface area contributed by atoms with Crippen molar-refractivity contribution in [3.8, 4) is 5.75 Å². The van der Waals surface area contributed by atoms with Crippen LogP contribution in [0, 0.1) is 5.92 Å². The lowest BCUT2D eigenvalue weighted by Gasteiger charge is -2.21. The highest BCUT2D eigenvalue weighted by atomic mass is 32.2. The van der Waals surface area contributed by atoms with Crippen LogP contribution >= 0.6 is 0 Å². The van der Waals surface area contributed by atoms with Crippen molar-refractivity contribution in [1.29, 1.82) is 0 Å². The Balaban J connectivity index is 1.78. The Morgan fingerprint density at radius 3 is 2.67 bits per heavy atom. The van der Waals surface area contributed by atoms with Gasteiger partial charge >= 0.3 is 0 Å². The Kier molecular flexibility index (Phi) is 5.61. The second-order valence-corrected chi connectivity index (χ2v) is 7.87. The quantitative estimate of drug-likeness (QED) is 0.761. The maximum absolute atomic E-state index is 12.2. The summed E-state index contributed by atoms with van der Waals surface area (Å²) in [5, 5.41) is 0. The fourth-order valence-corrected chi connectivity index (χ4v) is 3.63. The molecule has 2 rings (SSSR count). The number of hydrogen-bond donors (Lipinski definition) is 0. The zero-order valence-electron chi connectivity index (χ0n) is 12.7. The first-order chi connectivity index (χ1) is 9.97. The molecule has 1 aliphatic rings. The number of para-hydroxylation sites is 1. The van der Waals surface area contributed by atoms with Crippen LogP contribution in [0.1, 0.15) is 6.42 Å². The summed E-state index contributed by atoms with van der Waals surface area (Å²) in [7, 11) is 0.489. The molecule has 0 aromatic heterocycles. The normalized spacial score (nSPS) is 20.0. The Morgan fingerprint density at radius 2 is 2.05 bits per heavy atom. The summed E-state index contributed by atoms with van der Waals surface area (Å²) in [5.41, 5.74) is 0. The standard InChI is InChI=1S/C15H24N2O3S/c1-16-9-8-14(12-16)13-17(2)21(18,19)11-10-20-15-6-4-3-5-7-15/h3-7,14H,8-13H2,1-2H3. The van der Waals surface area contributed by atoms with E-state index in [9.17, 15) is 8.42 Å². The molecule has 1 aliphatic heterocycles. The third-order valence-electron chi connectivity index (χ3n) is 3.83. The average molecular weight is 312 g/mol. The van der Waals surface area contributed by atoms with Crippen LogP contribution in [0.3, 0.4) is 0 Å². The van der Waals surface area contributed by atoms with Crippen LogP contribution in [-0.2, 0) is 10.0 Å². The molecule has 1 heterocycles. The summed E-state index contributed by atoms with van der Waals surface area (Å²) in [6.45, 7) is 2.80. The highest BCUT2D eigenvalue weighted by Gasteiger charge is 2.25. The highest BCUT2D eigenvalue weighted by Crippen LogP contribution is 2.16. The summed E-state index contributed by atoms with van der Waals surface area (Å²) in [5.74, 6) is 1.15. The highest BCUT2D eigenvalue weighted by molar-refractivity contribution is 7.89. The first-order valence-corrected chi connectivity index (χ1v) is 8.89. The molecule has 21 heavy (non-hydrogen) atoms. The van der Waals surface area contributed by atoms with Gasteiger partial charge in [0.2, 0.25) is 10.0 Å². The van der Waals surface area contributed by atoms with Crippen LogP contribution in [0.4, 0.5) is 0 Å². The lowest BCUT2D eigenvalue weighted by molar-refractivity contribution is 0.330. The average Bonchev–Trinajstić information content (AvgIpc) is 2.85. The molecular weight excluding hydrogens is 288 g/mol. The molecule has 6 heteroatoms. The van der Waals surface area contributed by atoms with Crippen molar-refractivity contribution in [2.45, 2.75) is 6.42 Å². The summed E-state index contributed by atoms with van der Waals surface area (Å²) in [6.07, 6.45) is 1.07. The van der Waals surface area contributed by atoms with Crippen LogP contribution in [0.2, 0.25) is 0 Å². The molecule has 5 nitrogen and oxygen atoms in total. The molecule has 0 radical (unpaired) electrons.